The van der Waals surface area contributed by atoms with Crippen molar-refractivity contribution in [2.75, 3.05) is 6.54 Å². The Morgan fingerprint density at radius 1 is 1.00 bits per heavy atom. The van der Waals surface area contributed by atoms with Gasteiger partial charge in [0.1, 0.15) is 0 Å². The highest BCUT2D eigenvalue weighted by atomic mass is 15.0. The van der Waals surface area contributed by atoms with E-state index >= 15 is 0 Å². The van der Waals surface area contributed by atoms with E-state index in [2.05, 4.69) is 53.8 Å². The van der Waals surface area contributed by atoms with Crippen LogP contribution in [0, 0.1) is 22.7 Å². The second-order valence-corrected chi connectivity index (χ2v) is 8.11. The first kappa shape index (κ1) is 15.0. The topological polar surface area (TPSA) is 12.0 Å². The van der Waals surface area contributed by atoms with Crippen molar-refractivity contribution in [2.45, 2.75) is 73.8 Å². The fourth-order valence-electron chi connectivity index (χ4n) is 3.41. The third-order valence-electron chi connectivity index (χ3n) is 4.36. The van der Waals surface area contributed by atoms with Crippen molar-refractivity contribution >= 4 is 0 Å². The van der Waals surface area contributed by atoms with Gasteiger partial charge in [0.15, 0.2) is 0 Å². The molecule has 17 heavy (non-hydrogen) atoms. The van der Waals surface area contributed by atoms with Crippen molar-refractivity contribution in [1.29, 1.82) is 0 Å². The zero-order valence-electron chi connectivity index (χ0n) is 13.1. The molecule has 0 saturated carbocycles. The van der Waals surface area contributed by atoms with E-state index in [1.54, 1.807) is 0 Å². The van der Waals surface area contributed by atoms with Crippen molar-refractivity contribution in [2.24, 2.45) is 22.7 Å². The summed E-state index contributed by atoms with van der Waals surface area (Å²) >= 11 is 0. The molecular weight excluding hydrogens is 206 g/mol. The molecule has 1 rings (SSSR count). The van der Waals surface area contributed by atoms with Gasteiger partial charge < -0.3 is 5.32 Å². The predicted molar refractivity (Wildman–Crippen MR) is 77.2 cm³/mol. The van der Waals surface area contributed by atoms with Crippen LogP contribution in [0.1, 0.15) is 67.7 Å². The predicted octanol–water partition coefficient (Wildman–Crippen LogP) is 4.47. The van der Waals surface area contributed by atoms with Gasteiger partial charge in [0, 0.05) is 6.04 Å². The lowest BCUT2D eigenvalue weighted by molar-refractivity contribution is 0.0465. The Kier molecular flexibility index (Phi) is 4.68. The van der Waals surface area contributed by atoms with Crippen LogP contribution in [0.4, 0.5) is 0 Å². The summed E-state index contributed by atoms with van der Waals surface area (Å²) in [4.78, 5) is 0. The van der Waals surface area contributed by atoms with E-state index in [0.717, 1.165) is 11.8 Å². The lowest BCUT2D eigenvalue weighted by Crippen LogP contribution is -2.55. The summed E-state index contributed by atoms with van der Waals surface area (Å²) in [5.41, 5.74) is 0.784. The normalized spacial score (nSPS) is 31.6. The second-order valence-electron chi connectivity index (χ2n) is 8.11. The van der Waals surface area contributed by atoms with Crippen LogP contribution in [0.2, 0.25) is 0 Å². The molecular formula is C16H33N. The van der Waals surface area contributed by atoms with Gasteiger partial charge in [0.2, 0.25) is 0 Å². The molecule has 1 aliphatic heterocycles. The number of piperidine rings is 1. The van der Waals surface area contributed by atoms with Crippen molar-refractivity contribution in [1.82, 2.24) is 5.32 Å². The largest absolute Gasteiger partial charge is 0.313 e. The quantitative estimate of drug-likeness (QED) is 0.749. The Morgan fingerprint density at radius 2 is 1.59 bits per heavy atom. The SMILES string of the molecule is CCCC1CNC(C(C)(C)C)C(C(C)(C)C)C1. The molecule has 0 amide bonds. The standard InChI is InChI=1S/C16H33N/c1-8-9-12-10-13(15(2,3)4)14(17-11-12)16(5,6)7/h12-14,17H,8-11H2,1-7H3. The maximum Gasteiger partial charge on any atom is 0.0149 e. The Morgan fingerprint density at radius 3 is 2.00 bits per heavy atom. The summed E-state index contributed by atoms with van der Waals surface area (Å²) < 4.78 is 0. The maximum atomic E-state index is 3.85. The van der Waals surface area contributed by atoms with Crippen LogP contribution in [-0.2, 0) is 0 Å². The summed E-state index contributed by atoms with van der Waals surface area (Å²) in [5, 5.41) is 3.85. The van der Waals surface area contributed by atoms with Crippen molar-refractivity contribution in [3.63, 3.8) is 0 Å². The van der Waals surface area contributed by atoms with Crippen molar-refractivity contribution < 1.29 is 0 Å². The Bertz CT molecular complexity index is 231. The van der Waals surface area contributed by atoms with Crippen LogP contribution in [0.25, 0.3) is 0 Å². The average molecular weight is 239 g/mol. The molecule has 1 heterocycles. The average Bonchev–Trinajstić information content (AvgIpc) is 2.15. The van der Waals surface area contributed by atoms with Gasteiger partial charge >= 0.3 is 0 Å². The monoisotopic (exact) mass is 239 g/mol. The zero-order chi connectivity index (χ0) is 13.3. The van der Waals surface area contributed by atoms with Crippen molar-refractivity contribution in [3.8, 4) is 0 Å². The summed E-state index contributed by atoms with van der Waals surface area (Å²) in [6.45, 7) is 17.9. The smallest absolute Gasteiger partial charge is 0.0149 e. The molecule has 1 N–H and O–H groups in total. The molecule has 3 unspecified atom stereocenters. The summed E-state index contributed by atoms with van der Waals surface area (Å²) in [7, 11) is 0. The van der Waals surface area contributed by atoms with E-state index in [9.17, 15) is 0 Å². The molecule has 102 valence electrons. The molecule has 0 aromatic rings. The highest BCUT2D eigenvalue weighted by molar-refractivity contribution is 4.96. The van der Waals surface area contributed by atoms with Crippen LogP contribution in [0.15, 0.2) is 0 Å². The van der Waals surface area contributed by atoms with Gasteiger partial charge in [0.05, 0.1) is 0 Å². The van der Waals surface area contributed by atoms with Crippen LogP contribution < -0.4 is 5.32 Å². The Hall–Kier alpha value is -0.0400. The van der Waals surface area contributed by atoms with Crippen LogP contribution >= 0.6 is 0 Å². The Balaban J connectivity index is 2.80. The van der Waals surface area contributed by atoms with Gasteiger partial charge in [-0.25, -0.2) is 0 Å². The van der Waals surface area contributed by atoms with E-state index in [1.807, 2.05) is 0 Å². The fourth-order valence-corrected chi connectivity index (χ4v) is 3.41. The minimum atomic E-state index is 0.370. The minimum absolute atomic E-state index is 0.370. The molecule has 1 aliphatic rings. The highest BCUT2D eigenvalue weighted by Crippen LogP contribution is 2.42. The van der Waals surface area contributed by atoms with Gasteiger partial charge in [-0.15, -0.1) is 0 Å². The lowest BCUT2D eigenvalue weighted by Gasteiger charge is -2.49. The molecule has 0 radical (unpaired) electrons. The van der Waals surface area contributed by atoms with E-state index in [1.165, 1.54) is 25.8 Å². The number of rotatable bonds is 2. The number of nitrogens with one attached hydrogen (secondary N) is 1. The molecule has 1 heteroatoms. The molecule has 3 atom stereocenters. The fraction of sp³-hybridized carbons (Fsp3) is 1.00. The number of hydrogen-bond donors (Lipinski definition) is 1. The summed E-state index contributed by atoms with van der Waals surface area (Å²) in [6, 6.07) is 0.663. The first-order valence-electron chi connectivity index (χ1n) is 7.39. The van der Waals surface area contributed by atoms with Gasteiger partial charge in [-0.1, -0.05) is 54.9 Å². The summed E-state index contributed by atoms with van der Waals surface area (Å²) in [6.07, 6.45) is 4.12. The van der Waals surface area contributed by atoms with E-state index in [0.29, 0.717) is 16.9 Å². The molecule has 1 nitrogen and oxygen atoms in total. The van der Waals surface area contributed by atoms with Gasteiger partial charge in [0.25, 0.3) is 0 Å². The molecule has 0 aromatic carbocycles. The van der Waals surface area contributed by atoms with Crippen molar-refractivity contribution in [3.05, 3.63) is 0 Å². The van der Waals surface area contributed by atoms with Gasteiger partial charge in [-0.2, -0.15) is 0 Å². The molecule has 0 aromatic heterocycles. The molecule has 0 aliphatic carbocycles. The minimum Gasteiger partial charge on any atom is -0.313 e. The Labute approximate surface area is 109 Å². The van der Waals surface area contributed by atoms with Crippen LogP contribution in [0.3, 0.4) is 0 Å². The van der Waals surface area contributed by atoms with Gasteiger partial charge in [-0.05, 0) is 42.1 Å². The second kappa shape index (κ2) is 5.30. The molecule has 0 bridgehead atoms. The van der Waals surface area contributed by atoms with E-state index < -0.39 is 0 Å². The van der Waals surface area contributed by atoms with Crippen LogP contribution in [0.5, 0.6) is 0 Å². The zero-order valence-corrected chi connectivity index (χ0v) is 13.1. The van der Waals surface area contributed by atoms with E-state index in [-0.39, 0.29) is 0 Å². The highest BCUT2D eigenvalue weighted by Gasteiger charge is 2.42. The maximum absolute atomic E-state index is 3.85. The van der Waals surface area contributed by atoms with Gasteiger partial charge in [-0.3, -0.25) is 0 Å². The first-order valence-corrected chi connectivity index (χ1v) is 7.39. The number of hydrogen-bond acceptors (Lipinski definition) is 1. The third kappa shape index (κ3) is 3.98. The van der Waals surface area contributed by atoms with E-state index in [4.69, 9.17) is 0 Å². The lowest BCUT2D eigenvalue weighted by atomic mass is 9.63. The third-order valence-corrected chi connectivity index (χ3v) is 4.36. The molecule has 0 spiro atoms. The van der Waals surface area contributed by atoms with Crippen LogP contribution in [-0.4, -0.2) is 12.6 Å². The first-order chi connectivity index (χ1) is 7.66. The summed E-state index contributed by atoms with van der Waals surface area (Å²) in [5.74, 6) is 1.69. The molecule has 1 saturated heterocycles. The molecule has 1 fully saturated rings.